The van der Waals surface area contributed by atoms with Crippen LogP contribution in [0.1, 0.15) is 6.92 Å². The van der Waals surface area contributed by atoms with Crippen molar-refractivity contribution in [2.75, 3.05) is 6.61 Å². The highest BCUT2D eigenvalue weighted by Crippen LogP contribution is 2.25. The topological polar surface area (TPSA) is 86.6 Å². The van der Waals surface area contributed by atoms with E-state index in [0.717, 1.165) is 11.3 Å². The van der Waals surface area contributed by atoms with Gasteiger partial charge in [-0.3, -0.25) is 0 Å². The molecule has 0 bridgehead atoms. The van der Waals surface area contributed by atoms with E-state index in [2.05, 4.69) is 4.72 Å². The molecule has 3 N–H and O–H groups in total. The van der Waals surface area contributed by atoms with Gasteiger partial charge in [0.1, 0.15) is 4.21 Å². The molecule has 0 aliphatic rings. The summed E-state index contributed by atoms with van der Waals surface area (Å²) < 4.78 is 26.1. The maximum Gasteiger partial charge on any atom is 0.250 e. The van der Waals surface area contributed by atoms with E-state index < -0.39 is 28.8 Å². The van der Waals surface area contributed by atoms with Crippen molar-refractivity contribution in [2.45, 2.75) is 23.3 Å². The summed E-state index contributed by atoms with van der Waals surface area (Å²) in [6.45, 7) is 0.917. The van der Waals surface area contributed by atoms with Gasteiger partial charge in [0.05, 0.1) is 23.1 Å². The van der Waals surface area contributed by atoms with Crippen molar-refractivity contribution in [3.05, 3.63) is 16.5 Å². The van der Waals surface area contributed by atoms with Crippen molar-refractivity contribution in [2.24, 2.45) is 0 Å². The molecule has 5 nitrogen and oxygen atoms in total. The van der Waals surface area contributed by atoms with Gasteiger partial charge in [-0.2, -0.15) is 0 Å². The molecule has 0 saturated carbocycles. The fourth-order valence-electron chi connectivity index (χ4n) is 0.988. The van der Waals surface area contributed by atoms with Crippen LogP contribution in [0.2, 0.25) is 4.34 Å². The highest BCUT2D eigenvalue weighted by molar-refractivity contribution is 7.91. The Morgan fingerprint density at radius 1 is 1.56 bits per heavy atom. The lowest BCUT2D eigenvalue weighted by Crippen LogP contribution is -2.44. The van der Waals surface area contributed by atoms with Gasteiger partial charge in [-0.1, -0.05) is 11.6 Å². The molecule has 8 heteroatoms. The fourth-order valence-corrected chi connectivity index (χ4v) is 3.79. The second-order valence-corrected chi connectivity index (χ2v) is 6.87. The Morgan fingerprint density at radius 3 is 2.56 bits per heavy atom. The summed E-state index contributed by atoms with van der Waals surface area (Å²) in [6, 6.07) is 1.91. The SMILES string of the molecule is CC(O)C(CO)NS(=O)(=O)c1ccc(Cl)s1. The van der Waals surface area contributed by atoms with Crippen molar-refractivity contribution in [1.29, 1.82) is 0 Å². The first kappa shape index (κ1) is 13.9. The average molecular weight is 286 g/mol. The molecule has 1 rings (SSSR count). The summed E-state index contributed by atoms with van der Waals surface area (Å²) in [7, 11) is -3.73. The zero-order valence-electron chi connectivity index (χ0n) is 8.42. The number of rotatable bonds is 5. The fraction of sp³-hybridized carbons (Fsp3) is 0.500. The quantitative estimate of drug-likeness (QED) is 0.732. The number of aliphatic hydroxyl groups excluding tert-OH is 2. The predicted molar refractivity (Wildman–Crippen MR) is 62.2 cm³/mol. The lowest BCUT2D eigenvalue weighted by Gasteiger charge is -2.18. The smallest absolute Gasteiger partial charge is 0.250 e. The summed E-state index contributed by atoms with van der Waals surface area (Å²) in [4.78, 5) is 0. The molecule has 0 radical (unpaired) electrons. The van der Waals surface area contributed by atoms with Crippen molar-refractivity contribution in [3.8, 4) is 0 Å². The summed E-state index contributed by atoms with van der Waals surface area (Å²) in [5.74, 6) is 0. The van der Waals surface area contributed by atoms with Gasteiger partial charge in [0.2, 0.25) is 0 Å². The molecular weight excluding hydrogens is 274 g/mol. The van der Waals surface area contributed by atoms with E-state index in [1.54, 1.807) is 0 Å². The lowest BCUT2D eigenvalue weighted by atomic mass is 10.2. The first-order valence-corrected chi connectivity index (χ1v) is 7.11. The normalized spacial score (nSPS) is 16.0. The van der Waals surface area contributed by atoms with Crippen molar-refractivity contribution in [3.63, 3.8) is 0 Å². The minimum Gasteiger partial charge on any atom is -0.395 e. The third-order valence-electron chi connectivity index (χ3n) is 1.90. The van der Waals surface area contributed by atoms with Crippen LogP contribution in [0.25, 0.3) is 0 Å². The Kier molecular flexibility index (Phi) is 4.72. The van der Waals surface area contributed by atoms with E-state index in [1.165, 1.54) is 19.1 Å². The van der Waals surface area contributed by atoms with Crippen molar-refractivity contribution >= 4 is 33.0 Å². The maximum atomic E-state index is 11.7. The standard InChI is InChI=1S/C8H12ClNO4S2/c1-5(12)6(4-11)10-16(13,14)8-3-2-7(9)15-8/h2-3,5-6,10-12H,4H2,1H3. The summed E-state index contributed by atoms with van der Waals surface area (Å²) in [5.41, 5.74) is 0. The van der Waals surface area contributed by atoms with Gasteiger partial charge < -0.3 is 10.2 Å². The molecule has 0 spiro atoms. The number of thiophene rings is 1. The Balaban J connectivity index is 2.87. The molecule has 1 aromatic rings. The van der Waals surface area contributed by atoms with Crippen LogP contribution in [0.5, 0.6) is 0 Å². The molecule has 0 aliphatic heterocycles. The summed E-state index contributed by atoms with van der Waals surface area (Å²) in [6.07, 6.45) is -0.977. The highest BCUT2D eigenvalue weighted by atomic mass is 35.5. The van der Waals surface area contributed by atoms with Crippen molar-refractivity contribution in [1.82, 2.24) is 4.72 Å². The van der Waals surface area contributed by atoms with Gasteiger partial charge >= 0.3 is 0 Å². The Morgan fingerprint density at radius 2 is 2.19 bits per heavy atom. The number of hydrogen-bond donors (Lipinski definition) is 3. The average Bonchev–Trinajstić information content (AvgIpc) is 2.61. The van der Waals surface area contributed by atoms with Crippen LogP contribution in [0.3, 0.4) is 0 Å². The summed E-state index contributed by atoms with van der Waals surface area (Å²) >= 11 is 6.54. The zero-order valence-corrected chi connectivity index (χ0v) is 10.8. The molecule has 2 unspecified atom stereocenters. The molecule has 0 fully saturated rings. The van der Waals surface area contributed by atoms with E-state index in [-0.39, 0.29) is 4.21 Å². The van der Waals surface area contributed by atoms with E-state index in [1.807, 2.05) is 0 Å². The molecule has 0 aliphatic carbocycles. The van der Waals surface area contributed by atoms with Crippen LogP contribution in [0, 0.1) is 0 Å². The van der Waals surface area contributed by atoms with Crippen LogP contribution in [0.4, 0.5) is 0 Å². The molecule has 1 heterocycles. The van der Waals surface area contributed by atoms with Crippen LogP contribution >= 0.6 is 22.9 Å². The molecule has 0 aromatic carbocycles. The van der Waals surface area contributed by atoms with Crippen LogP contribution in [0.15, 0.2) is 16.3 Å². The van der Waals surface area contributed by atoms with E-state index in [4.69, 9.17) is 16.7 Å². The third-order valence-corrected chi connectivity index (χ3v) is 5.11. The lowest BCUT2D eigenvalue weighted by molar-refractivity contribution is 0.115. The van der Waals surface area contributed by atoms with E-state index in [0.29, 0.717) is 4.34 Å². The van der Waals surface area contributed by atoms with E-state index in [9.17, 15) is 13.5 Å². The monoisotopic (exact) mass is 285 g/mol. The number of hydrogen-bond acceptors (Lipinski definition) is 5. The Bertz CT molecular complexity index is 443. The van der Waals surface area contributed by atoms with E-state index >= 15 is 0 Å². The second kappa shape index (κ2) is 5.44. The van der Waals surface area contributed by atoms with Gasteiger partial charge in [0.15, 0.2) is 0 Å². The Labute approximate surface area is 103 Å². The molecule has 0 saturated heterocycles. The molecule has 1 aromatic heterocycles. The molecular formula is C8H12ClNO4S2. The highest BCUT2D eigenvalue weighted by Gasteiger charge is 2.24. The maximum absolute atomic E-state index is 11.7. The largest absolute Gasteiger partial charge is 0.395 e. The van der Waals surface area contributed by atoms with Crippen LogP contribution in [-0.2, 0) is 10.0 Å². The number of aliphatic hydroxyl groups is 2. The number of nitrogens with one attached hydrogen (secondary N) is 1. The van der Waals surface area contributed by atoms with Gasteiger partial charge in [-0.05, 0) is 19.1 Å². The van der Waals surface area contributed by atoms with Gasteiger partial charge in [0, 0.05) is 0 Å². The molecule has 16 heavy (non-hydrogen) atoms. The van der Waals surface area contributed by atoms with Crippen LogP contribution in [-0.4, -0.2) is 37.4 Å². The zero-order chi connectivity index (χ0) is 12.3. The molecule has 0 amide bonds. The minimum atomic E-state index is -3.73. The number of halogens is 1. The van der Waals surface area contributed by atoms with Gasteiger partial charge in [-0.25, -0.2) is 13.1 Å². The first-order chi connectivity index (χ1) is 7.36. The van der Waals surface area contributed by atoms with Gasteiger partial charge in [-0.15, -0.1) is 11.3 Å². The number of sulfonamides is 1. The minimum absolute atomic E-state index is 0.0524. The predicted octanol–water partition coefficient (Wildman–Crippen LogP) is 0.421. The van der Waals surface area contributed by atoms with Crippen molar-refractivity contribution < 1.29 is 18.6 Å². The second-order valence-electron chi connectivity index (χ2n) is 3.21. The summed E-state index contributed by atoms with van der Waals surface area (Å²) in [5, 5.41) is 18.1. The molecule has 2 atom stereocenters. The van der Waals surface area contributed by atoms with Gasteiger partial charge in [0.25, 0.3) is 10.0 Å². The third kappa shape index (κ3) is 3.41. The van der Waals surface area contributed by atoms with Crippen LogP contribution < -0.4 is 4.72 Å². The first-order valence-electron chi connectivity index (χ1n) is 4.43. The molecule has 92 valence electrons. The Hall–Kier alpha value is -0.180.